The summed E-state index contributed by atoms with van der Waals surface area (Å²) in [6, 6.07) is 20.7. The number of methoxy groups -OCH3 is 1. The van der Waals surface area contributed by atoms with Gasteiger partial charge in [-0.05, 0) is 60.5 Å². The van der Waals surface area contributed by atoms with Gasteiger partial charge in [-0.15, -0.1) is 0 Å². The number of ether oxygens (including phenoxy) is 2. The summed E-state index contributed by atoms with van der Waals surface area (Å²) in [5.41, 5.74) is 6.62. The molecule has 4 aromatic rings. The molecule has 162 valence electrons. The molecule has 0 saturated carbocycles. The van der Waals surface area contributed by atoms with Crippen molar-refractivity contribution in [2.75, 3.05) is 13.7 Å². The van der Waals surface area contributed by atoms with E-state index in [4.69, 9.17) is 9.47 Å². The third-order valence-corrected chi connectivity index (χ3v) is 4.87. The quantitative estimate of drug-likeness (QED) is 0.323. The molecule has 7 nitrogen and oxygen atoms in total. The highest BCUT2D eigenvalue weighted by Gasteiger charge is 2.09. The second kappa shape index (κ2) is 9.78. The van der Waals surface area contributed by atoms with Crippen molar-refractivity contribution in [2.45, 2.75) is 13.3 Å². The minimum absolute atomic E-state index is 0.296. The standard InChI is InChI=1S/C25H24N4O3/c1-3-32-21-6-4-5-18(13-21)16-26-29-25(30)19-9-12-22-23(15-19)28-24(27-22)14-17-7-10-20(31-2)11-8-17/h4-13,15-16H,3,14H2,1-2H3,(H,27,28)(H,29,30)/b26-16-. The fourth-order valence-electron chi connectivity index (χ4n) is 3.31. The van der Waals surface area contributed by atoms with Crippen LogP contribution in [0.3, 0.4) is 0 Å². The summed E-state index contributed by atoms with van der Waals surface area (Å²) in [7, 11) is 1.65. The molecule has 32 heavy (non-hydrogen) atoms. The van der Waals surface area contributed by atoms with Crippen molar-refractivity contribution in [1.82, 2.24) is 15.4 Å². The van der Waals surface area contributed by atoms with Crippen LogP contribution < -0.4 is 14.9 Å². The number of carbonyl (C=O) groups excluding carboxylic acids is 1. The van der Waals surface area contributed by atoms with Crippen molar-refractivity contribution in [3.63, 3.8) is 0 Å². The number of rotatable bonds is 8. The van der Waals surface area contributed by atoms with Crippen LogP contribution in [0.1, 0.15) is 34.2 Å². The molecule has 1 heterocycles. The number of nitrogens with one attached hydrogen (secondary N) is 2. The third-order valence-electron chi connectivity index (χ3n) is 4.87. The highest BCUT2D eigenvalue weighted by Crippen LogP contribution is 2.18. The Kier molecular flexibility index (Phi) is 6.46. The Labute approximate surface area is 186 Å². The molecule has 0 saturated heterocycles. The molecule has 0 bridgehead atoms. The molecule has 7 heteroatoms. The van der Waals surface area contributed by atoms with Gasteiger partial charge in [0.05, 0.1) is 31.0 Å². The lowest BCUT2D eigenvalue weighted by atomic mass is 10.1. The summed E-state index contributed by atoms with van der Waals surface area (Å²) in [4.78, 5) is 20.4. The summed E-state index contributed by atoms with van der Waals surface area (Å²) in [6.07, 6.45) is 2.24. The third kappa shape index (κ3) is 5.13. The molecule has 1 amide bonds. The van der Waals surface area contributed by atoms with Crippen LogP contribution in [0.25, 0.3) is 11.0 Å². The van der Waals surface area contributed by atoms with Crippen LogP contribution in [0.4, 0.5) is 0 Å². The minimum atomic E-state index is -0.296. The topological polar surface area (TPSA) is 88.6 Å². The maximum atomic E-state index is 12.5. The lowest BCUT2D eigenvalue weighted by Gasteiger charge is -2.03. The highest BCUT2D eigenvalue weighted by atomic mass is 16.5. The normalized spacial score (nSPS) is 11.1. The van der Waals surface area contributed by atoms with Gasteiger partial charge in [-0.1, -0.05) is 24.3 Å². The predicted molar refractivity (Wildman–Crippen MR) is 125 cm³/mol. The molecule has 0 aliphatic carbocycles. The van der Waals surface area contributed by atoms with Crippen LogP contribution in [-0.4, -0.2) is 35.8 Å². The van der Waals surface area contributed by atoms with Crippen LogP contribution in [0.2, 0.25) is 0 Å². The zero-order valence-corrected chi connectivity index (χ0v) is 18.0. The van der Waals surface area contributed by atoms with Gasteiger partial charge in [0.15, 0.2) is 0 Å². The molecule has 0 radical (unpaired) electrons. The molecule has 0 aliphatic heterocycles. The zero-order valence-electron chi connectivity index (χ0n) is 18.0. The van der Waals surface area contributed by atoms with Gasteiger partial charge in [-0.3, -0.25) is 4.79 Å². The van der Waals surface area contributed by atoms with Crippen molar-refractivity contribution in [3.8, 4) is 11.5 Å². The maximum Gasteiger partial charge on any atom is 0.271 e. The molecule has 0 aliphatic rings. The Balaban J connectivity index is 1.42. The minimum Gasteiger partial charge on any atom is -0.497 e. The average Bonchev–Trinajstić information content (AvgIpc) is 3.21. The number of aromatic nitrogens is 2. The van der Waals surface area contributed by atoms with E-state index in [1.54, 1.807) is 25.5 Å². The van der Waals surface area contributed by atoms with Crippen LogP contribution in [0.15, 0.2) is 71.8 Å². The van der Waals surface area contributed by atoms with E-state index >= 15 is 0 Å². The monoisotopic (exact) mass is 428 g/mol. The molecule has 0 unspecified atom stereocenters. The Hall–Kier alpha value is -4.13. The van der Waals surface area contributed by atoms with Crippen molar-refractivity contribution >= 4 is 23.2 Å². The van der Waals surface area contributed by atoms with Crippen molar-refractivity contribution < 1.29 is 14.3 Å². The summed E-state index contributed by atoms with van der Waals surface area (Å²) in [5.74, 6) is 2.11. The van der Waals surface area contributed by atoms with E-state index in [1.165, 1.54) is 0 Å². The van der Waals surface area contributed by atoms with E-state index in [0.717, 1.165) is 39.5 Å². The number of hydrazone groups is 1. The molecule has 3 aromatic carbocycles. The number of nitrogens with zero attached hydrogens (tertiary/aromatic N) is 2. The Morgan fingerprint density at radius 3 is 2.72 bits per heavy atom. The maximum absolute atomic E-state index is 12.5. The number of benzene rings is 3. The van der Waals surface area contributed by atoms with E-state index < -0.39 is 0 Å². The number of hydrogen-bond acceptors (Lipinski definition) is 5. The largest absolute Gasteiger partial charge is 0.497 e. The second-order valence-electron chi connectivity index (χ2n) is 7.14. The smallest absolute Gasteiger partial charge is 0.271 e. The van der Waals surface area contributed by atoms with Gasteiger partial charge in [0.25, 0.3) is 5.91 Å². The lowest BCUT2D eigenvalue weighted by molar-refractivity contribution is 0.0955. The van der Waals surface area contributed by atoms with Gasteiger partial charge in [-0.25, -0.2) is 10.4 Å². The first-order chi connectivity index (χ1) is 15.6. The molecule has 0 fully saturated rings. The highest BCUT2D eigenvalue weighted by molar-refractivity contribution is 5.97. The first kappa shape index (κ1) is 21.1. The van der Waals surface area contributed by atoms with E-state index in [1.807, 2.05) is 61.5 Å². The first-order valence-electron chi connectivity index (χ1n) is 10.3. The number of hydrogen-bond donors (Lipinski definition) is 2. The fraction of sp³-hybridized carbons (Fsp3) is 0.160. The van der Waals surface area contributed by atoms with Crippen LogP contribution in [0, 0.1) is 0 Å². The Morgan fingerprint density at radius 2 is 1.94 bits per heavy atom. The molecular formula is C25H24N4O3. The van der Waals surface area contributed by atoms with Gasteiger partial charge in [0.1, 0.15) is 17.3 Å². The summed E-state index contributed by atoms with van der Waals surface area (Å²) < 4.78 is 10.7. The summed E-state index contributed by atoms with van der Waals surface area (Å²) in [6.45, 7) is 2.52. The van der Waals surface area contributed by atoms with Crippen LogP contribution in [-0.2, 0) is 6.42 Å². The van der Waals surface area contributed by atoms with Crippen LogP contribution in [0.5, 0.6) is 11.5 Å². The number of aromatic amines is 1. The van der Waals surface area contributed by atoms with E-state index in [9.17, 15) is 4.79 Å². The van der Waals surface area contributed by atoms with Crippen molar-refractivity contribution in [3.05, 3.63) is 89.2 Å². The van der Waals surface area contributed by atoms with Gasteiger partial charge >= 0.3 is 0 Å². The average molecular weight is 428 g/mol. The number of carbonyl (C=O) groups is 1. The summed E-state index contributed by atoms with van der Waals surface area (Å²) >= 11 is 0. The Morgan fingerprint density at radius 1 is 1.09 bits per heavy atom. The van der Waals surface area contributed by atoms with Crippen molar-refractivity contribution in [2.24, 2.45) is 5.10 Å². The molecule has 1 aromatic heterocycles. The van der Waals surface area contributed by atoms with Gasteiger partial charge < -0.3 is 14.5 Å². The predicted octanol–water partition coefficient (Wildman–Crippen LogP) is 4.32. The number of fused-ring (bicyclic) bond motifs is 1. The van der Waals surface area contributed by atoms with Gasteiger partial charge in [0.2, 0.25) is 0 Å². The molecule has 0 spiro atoms. The zero-order chi connectivity index (χ0) is 22.3. The second-order valence-corrected chi connectivity index (χ2v) is 7.14. The van der Waals surface area contributed by atoms with E-state index in [2.05, 4.69) is 20.5 Å². The molecule has 0 atom stereocenters. The number of amides is 1. The molecule has 4 rings (SSSR count). The molecular weight excluding hydrogens is 404 g/mol. The number of H-pyrrole nitrogens is 1. The molecule has 2 N–H and O–H groups in total. The first-order valence-corrected chi connectivity index (χ1v) is 10.3. The number of imidazole rings is 1. The van der Waals surface area contributed by atoms with Gasteiger partial charge in [-0.2, -0.15) is 5.10 Å². The van der Waals surface area contributed by atoms with Crippen molar-refractivity contribution in [1.29, 1.82) is 0 Å². The lowest BCUT2D eigenvalue weighted by Crippen LogP contribution is -2.17. The van der Waals surface area contributed by atoms with E-state index in [-0.39, 0.29) is 5.91 Å². The van der Waals surface area contributed by atoms with Gasteiger partial charge in [0, 0.05) is 12.0 Å². The fourth-order valence-corrected chi connectivity index (χ4v) is 3.31. The SMILES string of the molecule is CCOc1cccc(/C=N\NC(=O)c2ccc3nc(Cc4ccc(OC)cc4)[nH]c3c2)c1. The Bertz CT molecular complexity index is 1250. The van der Waals surface area contributed by atoms with E-state index in [0.29, 0.717) is 18.6 Å². The van der Waals surface area contributed by atoms with Crippen LogP contribution >= 0.6 is 0 Å². The summed E-state index contributed by atoms with van der Waals surface area (Å²) in [5, 5.41) is 4.06.